The van der Waals surface area contributed by atoms with Gasteiger partial charge in [-0.05, 0) is 0 Å². The van der Waals surface area contributed by atoms with Gasteiger partial charge in [0.1, 0.15) is 30.5 Å². The van der Waals surface area contributed by atoms with Crippen LogP contribution in [0.5, 0.6) is 0 Å². The Morgan fingerprint density at radius 3 is 0.481 bits per heavy atom. The molecule has 0 rings (SSSR count). The van der Waals surface area contributed by atoms with E-state index in [2.05, 4.69) is 23.7 Å². The van der Waals surface area contributed by atoms with Gasteiger partial charge in [-0.25, -0.2) is 0 Å². The molecular formula is C20H35AlMgO30. The van der Waals surface area contributed by atoms with E-state index in [1.807, 2.05) is 0 Å². The summed E-state index contributed by atoms with van der Waals surface area (Å²) in [5, 5.41) is 171. The fourth-order valence-electron chi connectivity index (χ4n) is 1.20. The zero-order valence-electron chi connectivity index (χ0n) is 25.9. The molecule has 0 aliphatic heterocycles. The fourth-order valence-corrected chi connectivity index (χ4v) is 1.20. The van der Waals surface area contributed by atoms with Crippen LogP contribution < -0.4 is 25.5 Å². The molecule has 300 valence electrons. The molecule has 0 heterocycles. The van der Waals surface area contributed by atoms with E-state index in [-0.39, 0.29) is 40.4 Å². The summed E-state index contributed by atoms with van der Waals surface area (Å²) in [6.07, 6.45) is -27.2. The van der Waals surface area contributed by atoms with Crippen LogP contribution in [-0.4, -0.2) is 243 Å². The van der Waals surface area contributed by atoms with Crippen LogP contribution in [0.2, 0.25) is 0 Å². The van der Waals surface area contributed by atoms with Crippen molar-refractivity contribution in [2.45, 2.75) is 62.0 Å². The SMILES string of the molecule is O=C([O-])OCC(O)C(O)O.O=C([O-])OCC(O)C(O)O.O=C([O-])OCC(O)C(O)O.O=C([O-])OCC(O)C(O)O.O=C([O-])OCC(O)C(O)O.[Al+3].[Mg+2]. The van der Waals surface area contributed by atoms with Crippen molar-refractivity contribution in [2.24, 2.45) is 0 Å². The van der Waals surface area contributed by atoms with E-state index in [0.29, 0.717) is 0 Å². The molecule has 0 bridgehead atoms. The van der Waals surface area contributed by atoms with Gasteiger partial charge in [0.15, 0.2) is 31.5 Å². The van der Waals surface area contributed by atoms with Crippen molar-refractivity contribution in [3.05, 3.63) is 0 Å². The number of aliphatic hydroxyl groups excluding tert-OH is 10. The topological polar surface area (TPSA) is 550 Å². The number of hydrogen-bond donors (Lipinski definition) is 15. The van der Waals surface area contributed by atoms with Gasteiger partial charge in [0.2, 0.25) is 0 Å². The molecule has 0 fully saturated rings. The molecule has 0 aliphatic carbocycles. The Bertz CT molecular complexity index is 728. The van der Waals surface area contributed by atoms with Gasteiger partial charge in [-0.15, -0.1) is 0 Å². The van der Waals surface area contributed by atoms with Gasteiger partial charge in [-0.3, -0.25) is 0 Å². The maximum Gasteiger partial charge on any atom is 3.00 e. The molecule has 0 spiro atoms. The Kier molecular flexibility index (Phi) is 48.4. The fraction of sp³-hybridized carbons (Fsp3) is 0.750. The van der Waals surface area contributed by atoms with E-state index < -0.39 is 126 Å². The smallest absolute Gasteiger partial charge is 0.547 e. The van der Waals surface area contributed by atoms with Crippen LogP contribution in [-0.2, 0) is 23.7 Å². The number of rotatable bonds is 15. The molecule has 0 amide bonds. The third kappa shape index (κ3) is 56.4. The van der Waals surface area contributed by atoms with Crippen LogP contribution in [0.15, 0.2) is 0 Å². The summed E-state index contributed by atoms with van der Waals surface area (Å²) in [4.78, 5) is 47.6. The molecule has 0 saturated heterocycles. The van der Waals surface area contributed by atoms with Crippen molar-refractivity contribution in [1.82, 2.24) is 0 Å². The maximum atomic E-state index is 9.52. The van der Waals surface area contributed by atoms with Crippen LogP contribution in [0.25, 0.3) is 0 Å². The maximum absolute atomic E-state index is 9.52. The van der Waals surface area contributed by atoms with Gasteiger partial charge in [0, 0.05) is 0 Å². The predicted octanol–water partition coefficient (Wildman–Crippen LogP) is -15.7. The van der Waals surface area contributed by atoms with Crippen LogP contribution in [0.3, 0.4) is 0 Å². The van der Waals surface area contributed by atoms with Crippen molar-refractivity contribution < 1.29 is 150 Å². The molecule has 32 heteroatoms. The molecule has 0 aromatic heterocycles. The molecule has 0 radical (unpaired) electrons. The Labute approximate surface area is 315 Å². The van der Waals surface area contributed by atoms with E-state index in [9.17, 15) is 49.5 Å². The normalized spacial score (nSPS) is 12.7. The molecule has 5 atom stereocenters. The van der Waals surface area contributed by atoms with Crippen LogP contribution >= 0.6 is 0 Å². The summed E-state index contributed by atoms with van der Waals surface area (Å²) in [6.45, 7) is -3.54. The minimum absolute atomic E-state index is 0. The van der Waals surface area contributed by atoms with Crippen LogP contribution in [0, 0.1) is 0 Å². The van der Waals surface area contributed by atoms with Crippen molar-refractivity contribution in [1.29, 1.82) is 0 Å². The minimum Gasteiger partial charge on any atom is -0.547 e. The largest absolute Gasteiger partial charge is 3.00 e. The Morgan fingerprint density at radius 1 is 0.327 bits per heavy atom. The summed E-state index contributed by atoms with van der Waals surface area (Å²) >= 11 is 0. The second-order valence-electron chi connectivity index (χ2n) is 7.71. The van der Waals surface area contributed by atoms with Gasteiger partial charge < -0.3 is 150 Å². The zero-order valence-corrected chi connectivity index (χ0v) is 28.5. The summed E-state index contributed by atoms with van der Waals surface area (Å²) in [5.41, 5.74) is 0. The number of hydrogen-bond acceptors (Lipinski definition) is 30. The van der Waals surface area contributed by atoms with Crippen molar-refractivity contribution >= 4 is 71.2 Å². The van der Waals surface area contributed by atoms with Crippen LogP contribution in [0.4, 0.5) is 24.0 Å². The first-order valence-electron chi connectivity index (χ1n) is 12.1. The minimum atomic E-state index is -2.00. The average molecular weight is 807 g/mol. The van der Waals surface area contributed by atoms with Crippen molar-refractivity contribution in [2.75, 3.05) is 33.0 Å². The summed E-state index contributed by atoms with van der Waals surface area (Å²) in [5.74, 6) is 0. The van der Waals surface area contributed by atoms with E-state index in [0.717, 1.165) is 0 Å². The molecule has 0 aliphatic rings. The third-order valence-corrected chi connectivity index (χ3v) is 3.58. The van der Waals surface area contributed by atoms with E-state index >= 15 is 0 Å². The van der Waals surface area contributed by atoms with E-state index in [4.69, 9.17) is 76.6 Å². The second kappa shape index (κ2) is 39.3. The molecule has 5 unspecified atom stereocenters. The van der Waals surface area contributed by atoms with Gasteiger partial charge in [0.25, 0.3) is 30.8 Å². The van der Waals surface area contributed by atoms with Crippen LogP contribution in [0.1, 0.15) is 0 Å². The van der Waals surface area contributed by atoms with E-state index in [1.54, 1.807) is 0 Å². The van der Waals surface area contributed by atoms with Gasteiger partial charge in [-0.1, -0.05) is 0 Å². The average Bonchev–Trinajstić information content (AvgIpc) is 2.99. The molecule has 30 nitrogen and oxygen atoms in total. The number of carboxylic acid groups (broad SMARTS) is 5. The zero-order chi connectivity index (χ0) is 40.7. The molecule has 0 aromatic rings. The Balaban J connectivity index is -0.0000000964. The molecular weight excluding hydrogens is 771 g/mol. The first kappa shape index (κ1) is 64.0. The number of carbonyl (C=O) groups is 5. The molecule has 52 heavy (non-hydrogen) atoms. The van der Waals surface area contributed by atoms with Gasteiger partial charge in [0.05, 0.1) is 33.0 Å². The molecule has 0 saturated carbocycles. The first-order valence-corrected chi connectivity index (χ1v) is 12.1. The number of carbonyl (C=O) groups excluding carboxylic acids is 5. The molecule has 0 aromatic carbocycles. The molecule has 15 N–H and O–H groups in total. The number of ether oxygens (including phenoxy) is 5. The van der Waals surface area contributed by atoms with E-state index in [1.165, 1.54) is 0 Å². The summed E-state index contributed by atoms with van der Waals surface area (Å²) in [6, 6.07) is 0. The van der Waals surface area contributed by atoms with Crippen molar-refractivity contribution in [3.63, 3.8) is 0 Å². The third-order valence-electron chi connectivity index (χ3n) is 3.58. The number of aliphatic hydroxyl groups is 15. The second-order valence-corrected chi connectivity index (χ2v) is 7.71. The Morgan fingerprint density at radius 2 is 0.423 bits per heavy atom. The van der Waals surface area contributed by atoms with Crippen molar-refractivity contribution in [3.8, 4) is 0 Å². The van der Waals surface area contributed by atoms with Gasteiger partial charge in [-0.2, -0.15) is 0 Å². The monoisotopic (exact) mass is 806 g/mol. The van der Waals surface area contributed by atoms with Gasteiger partial charge >= 0.3 is 40.4 Å². The quantitative estimate of drug-likeness (QED) is 0.0316. The predicted molar refractivity (Wildman–Crippen MR) is 139 cm³/mol. The standard InChI is InChI=1S/5C4H8O6.Al.Mg/c5*5-2(3(6)7)1-10-4(8)9;;/h5*2-3,5-7H,1H2,(H,8,9);;/q;;;;;+3;+2/p-5. The summed E-state index contributed by atoms with van der Waals surface area (Å²) in [7, 11) is 0. The summed E-state index contributed by atoms with van der Waals surface area (Å²) < 4.78 is 18.5. The first-order chi connectivity index (χ1) is 22.7. The Hall–Kier alpha value is -2.95.